The van der Waals surface area contributed by atoms with E-state index < -0.39 is 0 Å². The molecule has 0 bridgehead atoms. The molecule has 170 valence electrons. The smallest absolute Gasteiger partial charge is 0.258 e. The number of carbonyl (C=O) groups is 2. The van der Waals surface area contributed by atoms with Gasteiger partial charge in [0.15, 0.2) is 0 Å². The van der Waals surface area contributed by atoms with Crippen LogP contribution in [0, 0.1) is 6.92 Å². The predicted molar refractivity (Wildman–Crippen MR) is 134 cm³/mol. The number of aryl methyl sites for hydroxylation is 1. The summed E-state index contributed by atoms with van der Waals surface area (Å²) in [7, 11) is 0. The first-order valence-corrected chi connectivity index (χ1v) is 11.3. The molecule has 0 unspecified atom stereocenters. The number of nitrogens with one attached hydrogen (secondary N) is 1. The number of hydrogen-bond acceptors (Lipinski definition) is 3. The Labute approximate surface area is 200 Å². The van der Waals surface area contributed by atoms with Crippen LogP contribution in [0.25, 0.3) is 0 Å². The van der Waals surface area contributed by atoms with Gasteiger partial charge in [0.1, 0.15) is 0 Å². The first-order chi connectivity index (χ1) is 16.6. The average molecular weight is 450 g/mol. The maximum Gasteiger partial charge on any atom is 0.258 e. The van der Waals surface area contributed by atoms with Crippen LogP contribution in [0.2, 0.25) is 0 Å². The van der Waals surface area contributed by atoms with Gasteiger partial charge in [0, 0.05) is 17.4 Å². The average Bonchev–Trinajstić information content (AvgIpc) is 2.87. The van der Waals surface area contributed by atoms with E-state index in [0.29, 0.717) is 18.7 Å². The molecule has 0 saturated heterocycles. The third-order valence-corrected chi connectivity index (χ3v) is 5.58. The lowest BCUT2D eigenvalue weighted by Gasteiger charge is -2.24. The number of carbonyl (C=O) groups excluding carboxylic acids is 2. The van der Waals surface area contributed by atoms with Gasteiger partial charge < -0.3 is 10.2 Å². The number of pyridine rings is 1. The molecule has 1 heterocycles. The minimum atomic E-state index is -0.0948. The SMILES string of the molecule is Cc1ccccc1C(=O)N(Cc1ccccc1)c1cccc(CC(=O)NCc2ccccn2)c1. The van der Waals surface area contributed by atoms with Crippen molar-refractivity contribution in [1.29, 1.82) is 0 Å². The fourth-order valence-electron chi connectivity index (χ4n) is 3.78. The highest BCUT2D eigenvalue weighted by Gasteiger charge is 2.20. The topological polar surface area (TPSA) is 62.3 Å². The second-order valence-electron chi connectivity index (χ2n) is 8.14. The quantitative estimate of drug-likeness (QED) is 0.407. The van der Waals surface area contributed by atoms with Gasteiger partial charge >= 0.3 is 0 Å². The van der Waals surface area contributed by atoms with Crippen LogP contribution in [-0.4, -0.2) is 16.8 Å². The van der Waals surface area contributed by atoms with Crippen LogP contribution in [0.5, 0.6) is 0 Å². The van der Waals surface area contributed by atoms with Gasteiger partial charge in [-0.15, -0.1) is 0 Å². The molecule has 5 nitrogen and oxygen atoms in total. The molecule has 5 heteroatoms. The number of aromatic nitrogens is 1. The normalized spacial score (nSPS) is 10.5. The summed E-state index contributed by atoms with van der Waals surface area (Å²) >= 11 is 0. The molecule has 2 amide bonds. The van der Waals surface area contributed by atoms with Crippen LogP contribution in [0.4, 0.5) is 5.69 Å². The highest BCUT2D eigenvalue weighted by atomic mass is 16.2. The minimum absolute atomic E-state index is 0.0706. The Bertz CT molecular complexity index is 1260. The van der Waals surface area contributed by atoms with E-state index in [4.69, 9.17) is 0 Å². The summed E-state index contributed by atoms with van der Waals surface area (Å²) in [6.45, 7) is 2.75. The van der Waals surface area contributed by atoms with Gasteiger partial charge in [-0.1, -0.05) is 66.7 Å². The van der Waals surface area contributed by atoms with Gasteiger partial charge in [-0.2, -0.15) is 0 Å². The molecule has 3 aromatic carbocycles. The molecule has 0 aliphatic carbocycles. The number of anilines is 1. The van der Waals surface area contributed by atoms with Crippen molar-refractivity contribution in [2.24, 2.45) is 0 Å². The molecule has 4 aromatic rings. The summed E-state index contributed by atoms with van der Waals surface area (Å²) < 4.78 is 0. The number of amides is 2. The maximum absolute atomic E-state index is 13.6. The summed E-state index contributed by atoms with van der Waals surface area (Å²) in [5, 5.41) is 2.91. The van der Waals surface area contributed by atoms with Gasteiger partial charge in [-0.25, -0.2) is 0 Å². The van der Waals surface area contributed by atoms with Crippen molar-refractivity contribution in [3.05, 3.63) is 131 Å². The van der Waals surface area contributed by atoms with Crippen molar-refractivity contribution < 1.29 is 9.59 Å². The minimum Gasteiger partial charge on any atom is -0.350 e. The van der Waals surface area contributed by atoms with Crippen LogP contribution >= 0.6 is 0 Å². The molecule has 4 rings (SSSR count). The van der Waals surface area contributed by atoms with E-state index in [1.165, 1.54) is 0 Å². The highest BCUT2D eigenvalue weighted by Crippen LogP contribution is 2.23. The van der Waals surface area contributed by atoms with Crippen molar-refractivity contribution in [2.45, 2.75) is 26.4 Å². The second kappa shape index (κ2) is 11.1. The Morgan fingerprint density at radius 1 is 0.824 bits per heavy atom. The Balaban J connectivity index is 1.55. The second-order valence-corrected chi connectivity index (χ2v) is 8.14. The monoisotopic (exact) mass is 449 g/mol. The van der Waals surface area contributed by atoms with E-state index in [0.717, 1.165) is 28.1 Å². The molecule has 1 aromatic heterocycles. The van der Waals surface area contributed by atoms with Crippen molar-refractivity contribution in [3.63, 3.8) is 0 Å². The van der Waals surface area contributed by atoms with Crippen LogP contribution in [-0.2, 0) is 24.3 Å². The number of rotatable bonds is 8. The summed E-state index contributed by atoms with van der Waals surface area (Å²) in [5.74, 6) is -0.165. The predicted octanol–water partition coefficient (Wildman–Crippen LogP) is 5.10. The summed E-state index contributed by atoms with van der Waals surface area (Å²) in [6, 6.07) is 30.7. The first kappa shape index (κ1) is 22.9. The zero-order valence-electron chi connectivity index (χ0n) is 19.1. The van der Waals surface area contributed by atoms with Gasteiger partial charge in [0.2, 0.25) is 5.91 Å². The van der Waals surface area contributed by atoms with E-state index in [9.17, 15) is 9.59 Å². The first-order valence-electron chi connectivity index (χ1n) is 11.3. The van der Waals surface area contributed by atoms with Gasteiger partial charge in [0.25, 0.3) is 5.91 Å². The van der Waals surface area contributed by atoms with Crippen molar-refractivity contribution >= 4 is 17.5 Å². The molecule has 0 spiro atoms. The number of benzene rings is 3. The van der Waals surface area contributed by atoms with E-state index >= 15 is 0 Å². The molecule has 1 N–H and O–H groups in total. The van der Waals surface area contributed by atoms with Crippen LogP contribution in [0.3, 0.4) is 0 Å². The zero-order chi connectivity index (χ0) is 23.8. The summed E-state index contributed by atoms with van der Waals surface area (Å²) in [6.07, 6.45) is 1.93. The van der Waals surface area contributed by atoms with Crippen molar-refractivity contribution in [1.82, 2.24) is 10.3 Å². The molecule has 0 saturated carbocycles. The lowest BCUT2D eigenvalue weighted by atomic mass is 10.1. The van der Waals surface area contributed by atoms with Gasteiger partial charge in [-0.3, -0.25) is 14.6 Å². The third-order valence-electron chi connectivity index (χ3n) is 5.58. The molecular weight excluding hydrogens is 422 g/mol. The molecule has 0 aliphatic heterocycles. The fourth-order valence-corrected chi connectivity index (χ4v) is 3.78. The maximum atomic E-state index is 13.6. The standard InChI is InChI=1S/C29H27N3O2/c1-22-10-5-6-16-27(22)29(34)32(21-23-11-3-2-4-12-23)26-15-9-13-24(18-26)19-28(33)31-20-25-14-7-8-17-30-25/h2-18H,19-21H2,1H3,(H,31,33). The molecular formula is C29H27N3O2. The van der Waals surface area contributed by atoms with Crippen LogP contribution in [0.15, 0.2) is 103 Å². The van der Waals surface area contributed by atoms with Crippen molar-refractivity contribution in [3.8, 4) is 0 Å². The largest absolute Gasteiger partial charge is 0.350 e. The lowest BCUT2D eigenvalue weighted by molar-refractivity contribution is -0.120. The third kappa shape index (κ3) is 5.95. The van der Waals surface area contributed by atoms with Crippen molar-refractivity contribution in [2.75, 3.05) is 4.90 Å². The molecule has 34 heavy (non-hydrogen) atoms. The van der Waals surface area contributed by atoms with Gasteiger partial charge in [-0.05, 0) is 53.9 Å². The van der Waals surface area contributed by atoms with E-state index in [1.54, 1.807) is 11.1 Å². The Hall–Kier alpha value is -4.25. The number of hydrogen-bond donors (Lipinski definition) is 1. The number of nitrogens with zero attached hydrogens (tertiary/aromatic N) is 2. The fraction of sp³-hybridized carbons (Fsp3) is 0.138. The summed E-state index contributed by atoms with van der Waals surface area (Å²) in [4.78, 5) is 32.1. The van der Waals surface area contributed by atoms with Crippen LogP contribution < -0.4 is 10.2 Å². The molecule has 0 atom stereocenters. The highest BCUT2D eigenvalue weighted by molar-refractivity contribution is 6.07. The lowest BCUT2D eigenvalue weighted by Crippen LogP contribution is -2.31. The Morgan fingerprint density at radius 2 is 1.56 bits per heavy atom. The van der Waals surface area contributed by atoms with E-state index in [2.05, 4.69) is 10.3 Å². The Kier molecular flexibility index (Phi) is 7.45. The van der Waals surface area contributed by atoms with E-state index in [-0.39, 0.29) is 18.2 Å². The van der Waals surface area contributed by atoms with E-state index in [1.807, 2.05) is 104 Å². The van der Waals surface area contributed by atoms with Crippen LogP contribution in [0.1, 0.15) is 32.7 Å². The summed E-state index contributed by atoms with van der Waals surface area (Å²) in [5.41, 5.74) is 5.02. The van der Waals surface area contributed by atoms with Gasteiger partial charge in [0.05, 0.1) is 25.2 Å². The zero-order valence-corrected chi connectivity index (χ0v) is 19.1. The molecule has 0 aliphatic rings. The molecule has 0 fully saturated rings. The molecule has 0 radical (unpaired) electrons. The Morgan fingerprint density at radius 3 is 2.32 bits per heavy atom.